The van der Waals surface area contributed by atoms with Gasteiger partial charge in [0.05, 0.1) is 12.2 Å². The summed E-state index contributed by atoms with van der Waals surface area (Å²) in [6.07, 6.45) is 3.40. The summed E-state index contributed by atoms with van der Waals surface area (Å²) in [5, 5.41) is 12.3. The number of hydrogen-bond acceptors (Lipinski definition) is 4. The summed E-state index contributed by atoms with van der Waals surface area (Å²) in [5.41, 5.74) is 0.238. The molecule has 0 aromatic heterocycles. The molecular formula is C20H28N2O3. The second-order valence-electron chi connectivity index (χ2n) is 7.36. The lowest BCUT2D eigenvalue weighted by molar-refractivity contribution is -0.142. The van der Waals surface area contributed by atoms with E-state index in [9.17, 15) is 10.1 Å². The van der Waals surface area contributed by atoms with E-state index in [1.54, 1.807) is 25.3 Å². The Labute approximate surface area is 150 Å². The number of anilines is 1. The second-order valence-corrected chi connectivity index (χ2v) is 7.36. The number of carbonyl (C=O) groups is 1. The molecule has 1 aliphatic rings. The largest absolute Gasteiger partial charge is 0.492 e. The Balaban J connectivity index is 2.11. The van der Waals surface area contributed by atoms with Gasteiger partial charge in [-0.1, -0.05) is 20.8 Å². The number of nitrogens with one attached hydrogen (secondary N) is 1. The highest BCUT2D eigenvalue weighted by atomic mass is 16.5. The number of carbonyl (C=O) groups excluding carboxylic acids is 1. The minimum atomic E-state index is -0.772. The molecule has 0 bridgehead atoms. The quantitative estimate of drug-likeness (QED) is 0.842. The van der Waals surface area contributed by atoms with E-state index in [1.807, 2.05) is 0 Å². The molecule has 0 atom stereocenters. The number of rotatable bonds is 6. The van der Waals surface area contributed by atoms with Gasteiger partial charge in [-0.15, -0.1) is 0 Å². The average Bonchev–Trinajstić information content (AvgIpc) is 2.61. The van der Waals surface area contributed by atoms with E-state index >= 15 is 0 Å². The molecule has 0 heterocycles. The average molecular weight is 344 g/mol. The van der Waals surface area contributed by atoms with Gasteiger partial charge in [0, 0.05) is 12.8 Å². The van der Waals surface area contributed by atoms with Crippen molar-refractivity contribution in [1.29, 1.82) is 5.26 Å². The molecule has 1 saturated carbocycles. The zero-order valence-electron chi connectivity index (χ0n) is 15.6. The van der Waals surface area contributed by atoms with Crippen molar-refractivity contribution in [2.75, 3.05) is 19.0 Å². The topological polar surface area (TPSA) is 71.3 Å². The molecule has 1 N–H and O–H groups in total. The maximum absolute atomic E-state index is 12.8. The summed E-state index contributed by atoms with van der Waals surface area (Å²) < 4.78 is 11.3. The fourth-order valence-electron chi connectivity index (χ4n) is 3.07. The van der Waals surface area contributed by atoms with Gasteiger partial charge >= 0.3 is 0 Å². The third kappa shape index (κ3) is 4.73. The van der Waals surface area contributed by atoms with Crippen LogP contribution in [0.5, 0.6) is 5.75 Å². The monoisotopic (exact) mass is 344 g/mol. The van der Waals surface area contributed by atoms with E-state index in [4.69, 9.17) is 9.47 Å². The van der Waals surface area contributed by atoms with Crippen LogP contribution in [0.4, 0.5) is 5.69 Å². The van der Waals surface area contributed by atoms with Crippen LogP contribution in [0.1, 0.15) is 52.0 Å². The first-order valence-electron chi connectivity index (χ1n) is 8.93. The van der Waals surface area contributed by atoms with Gasteiger partial charge in [0.25, 0.3) is 5.91 Å². The smallest absolute Gasteiger partial charge is 0.256 e. The first-order chi connectivity index (χ1) is 11.9. The van der Waals surface area contributed by atoms with Crippen molar-refractivity contribution in [3.05, 3.63) is 23.8 Å². The molecule has 25 heavy (non-hydrogen) atoms. The van der Waals surface area contributed by atoms with Gasteiger partial charge in [0.15, 0.2) is 0 Å². The minimum Gasteiger partial charge on any atom is -0.492 e. The lowest BCUT2D eigenvalue weighted by Crippen LogP contribution is -2.47. The van der Waals surface area contributed by atoms with Gasteiger partial charge < -0.3 is 14.8 Å². The van der Waals surface area contributed by atoms with Crippen molar-refractivity contribution in [3.8, 4) is 11.8 Å². The SMILES string of the molecule is COC1(C(=O)Nc2ccc(OCC(C)C)c(C#N)c2)CCC(C)CC1. The second kappa shape index (κ2) is 8.35. The van der Waals surface area contributed by atoms with Gasteiger partial charge in [-0.25, -0.2) is 0 Å². The van der Waals surface area contributed by atoms with Crippen LogP contribution in [0, 0.1) is 23.2 Å². The molecule has 1 fully saturated rings. The van der Waals surface area contributed by atoms with Crippen LogP contribution < -0.4 is 10.1 Å². The molecular weight excluding hydrogens is 316 g/mol. The molecule has 5 nitrogen and oxygen atoms in total. The van der Waals surface area contributed by atoms with Crippen molar-refractivity contribution in [3.63, 3.8) is 0 Å². The fourth-order valence-corrected chi connectivity index (χ4v) is 3.07. The molecule has 0 saturated heterocycles. The van der Waals surface area contributed by atoms with Crippen LogP contribution in [0.2, 0.25) is 0 Å². The van der Waals surface area contributed by atoms with Crippen LogP contribution in [0.3, 0.4) is 0 Å². The zero-order valence-corrected chi connectivity index (χ0v) is 15.6. The Morgan fingerprint density at radius 1 is 1.40 bits per heavy atom. The van der Waals surface area contributed by atoms with Crippen molar-refractivity contribution in [2.24, 2.45) is 11.8 Å². The summed E-state index contributed by atoms with van der Waals surface area (Å²) in [6, 6.07) is 7.29. The summed E-state index contributed by atoms with van der Waals surface area (Å²) in [5.74, 6) is 1.41. The van der Waals surface area contributed by atoms with Gasteiger partial charge in [-0.2, -0.15) is 5.26 Å². The van der Waals surface area contributed by atoms with Crippen LogP contribution in [-0.2, 0) is 9.53 Å². The summed E-state index contributed by atoms with van der Waals surface area (Å²) in [4.78, 5) is 12.8. The van der Waals surface area contributed by atoms with E-state index in [1.165, 1.54) is 0 Å². The number of amides is 1. The molecule has 0 unspecified atom stereocenters. The number of hydrogen-bond donors (Lipinski definition) is 1. The lowest BCUT2D eigenvalue weighted by atomic mass is 9.79. The number of benzene rings is 1. The molecule has 1 aromatic carbocycles. The van der Waals surface area contributed by atoms with Crippen molar-refractivity contribution in [1.82, 2.24) is 0 Å². The van der Waals surface area contributed by atoms with Crippen molar-refractivity contribution < 1.29 is 14.3 Å². The first kappa shape index (κ1) is 19.3. The third-order valence-electron chi connectivity index (χ3n) is 4.82. The summed E-state index contributed by atoms with van der Waals surface area (Å²) >= 11 is 0. The molecule has 0 radical (unpaired) electrons. The van der Waals surface area contributed by atoms with Gasteiger partial charge in [-0.05, 0) is 55.7 Å². The molecule has 1 aliphatic carbocycles. The van der Waals surface area contributed by atoms with Gasteiger partial charge in [0.1, 0.15) is 17.4 Å². The maximum atomic E-state index is 12.8. The number of nitriles is 1. The maximum Gasteiger partial charge on any atom is 0.256 e. The standard InChI is InChI=1S/C20H28N2O3/c1-14(2)13-25-18-6-5-17(11-16(18)12-21)22-19(23)20(24-4)9-7-15(3)8-10-20/h5-6,11,14-15H,7-10,13H2,1-4H3,(H,22,23). The lowest BCUT2D eigenvalue weighted by Gasteiger charge is -2.36. The predicted molar refractivity (Wildman–Crippen MR) is 97.5 cm³/mol. The molecule has 0 aliphatic heterocycles. The van der Waals surface area contributed by atoms with E-state index in [2.05, 4.69) is 32.2 Å². The summed E-state index contributed by atoms with van der Waals surface area (Å²) in [7, 11) is 1.60. The van der Waals surface area contributed by atoms with E-state index in [-0.39, 0.29) is 5.91 Å². The van der Waals surface area contributed by atoms with Crippen LogP contribution in [-0.4, -0.2) is 25.2 Å². The Morgan fingerprint density at radius 3 is 2.64 bits per heavy atom. The number of methoxy groups -OCH3 is 1. The zero-order chi connectivity index (χ0) is 18.4. The highest BCUT2D eigenvalue weighted by Gasteiger charge is 2.41. The van der Waals surface area contributed by atoms with E-state index in [0.717, 1.165) is 25.7 Å². The highest BCUT2D eigenvalue weighted by Crippen LogP contribution is 2.35. The number of ether oxygens (including phenoxy) is 2. The predicted octanol–water partition coefficient (Wildman–Crippen LogP) is 4.13. The van der Waals surface area contributed by atoms with E-state index in [0.29, 0.717) is 35.4 Å². The number of nitrogens with zero attached hydrogens (tertiary/aromatic N) is 1. The Hall–Kier alpha value is -2.06. The summed E-state index contributed by atoms with van der Waals surface area (Å²) in [6.45, 7) is 6.85. The molecule has 0 spiro atoms. The minimum absolute atomic E-state index is 0.137. The van der Waals surface area contributed by atoms with Crippen LogP contribution in [0.15, 0.2) is 18.2 Å². The van der Waals surface area contributed by atoms with Gasteiger partial charge in [0.2, 0.25) is 0 Å². The van der Waals surface area contributed by atoms with E-state index < -0.39 is 5.60 Å². The van der Waals surface area contributed by atoms with Gasteiger partial charge in [-0.3, -0.25) is 4.79 Å². The first-order valence-corrected chi connectivity index (χ1v) is 8.93. The third-order valence-corrected chi connectivity index (χ3v) is 4.82. The normalized spacial score (nSPS) is 23.1. The fraction of sp³-hybridized carbons (Fsp3) is 0.600. The molecule has 2 rings (SSSR count). The molecule has 1 aromatic rings. The van der Waals surface area contributed by atoms with Crippen LogP contribution >= 0.6 is 0 Å². The van der Waals surface area contributed by atoms with Crippen LogP contribution in [0.25, 0.3) is 0 Å². The Morgan fingerprint density at radius 2 is 2.08 bits per heavy atom. The molecule has 136 valence electrons. The van der Waals surface area contributed by atoms with Crippen molar-refractivity contribution in [2.45, 2.75) is 52.1 Å². The highest BCUT2D eigenvalue weighted by molar-refractivity contribution is 5.97. The Bertz CT molecular complexity index is 641. The molecule has 5 heteroatoms. The Kier molecular flexibility index (Phi) is 6.44. The molecule has 1 amide bonds. The van der Waals surface area contributed by atoms with Crippen molar-refractivity contribution >= 4 is 11.6 Å².